The van der Waals surface area contributed by atoms with Gasteiger partial charge in [-0.25, -0.2) is 0 Å². The molecule has 0 radical (unpaired) electrons. The van der Waals surface area contributed by atoms with Crippen molar-refractivity contribution in [2.75, 3.05) is 12.4 Å². The van der Waals surface area contributed by atoms with Crippen molar-refractivity contribution in [1.29, 1.82) is 0 Å². The predicted octanol–water partition coefficient (Wildman–Crippen LogP) is 4.50. The number of rotatable bonds is 7. The van der Waals surface area contributed by atoms with Gasteiger partial charge in [-0.1, -0.05) is 48.2 Å². The van der Waals surface area contributed by atoms with Crippen molar-refractivity contribution in [3.8, 4) is 22.8 Å². The summed E-state index contributed by atoms with van der Waals surface area (Å²) >= 11 is 1.62. The summed E-state index contributed by atoms with van der Waals surface area (Å²) in [6, 6.07) is 23.8. The van der Waals surface area contributed by atoms with E-state index in [4.69, 9.17) is 4.74 Å². The lowest BCUT2D eigenvalue weighted by atomic mass is 10.2. The molecule has 5 nitrogen and oxygen atoms in total. The Balaban J connectivity index is 1.55. The van der Waals surface area contributed by atoms with Crippen LogP contribution in [0.25, 0.3) is 17.1 Å². The number of thioether (sulfide) groups is 1. The molecule has 4 aromatic rings. The van der Waals surface area contributed by atoms with Gasteiger partial charge in [0.2, 0.25) is 0 Å². The zero-order valence-electron chi connectivity index (χ0n) is 14.6. The Morgan fingerprint density at radius 3 is 2.37 bits per heavy atom. The van der Waals surface area contributed by atoms with Gasteiger partial charge in [0.25, 0.3) is 0 Å². The lowest BCUT2D eigenvalue weighted by Crippen LogP contribution is -2.03. The van der Waals surface area contributed by atoms with E-state index in [1.807, 2.05) is 72.8 Å². The van der Waals surface area contributed by atoms with Crippen LogP contribution < -0.4 is 4.74 Å². The molecule has 0 saturated heterocycles. The number of ether oxygens (including phenoxy) is 1. The number of hydrogen-bond donors (Lipinski definition) is 0. The Morgan fingerprint density at radius 2 is 1.63 bits per heavy atom. The molecule has 0 N–H and O–H groups in total. The van der Waals surface area contributed by atoms with E-state index < -0.39 is 0 Å². The Kier molecular flexibility index (Phi) is 5.45. The average Bonchev–Trinajstić information content (AvgIpc) is 3.17. The van der Waals surface area contributed by atoms with Gasteiger partial charge < -0.3 is 4.74 Å². The number of aromatic nitrogens is 4. The Hall–Kier alpha value is -3.12. The van der Waals surface area contributed by atoms with Crippen molar-refractivity contribution in [1.82, 2.24) is 19.7 Å². The van der Waals surface area contributed by atoms with Gasteiger partial charge in [-0.3, -0.25) is 9.55 Å². The molecule has 2 aromatic heterocycles. The minimum absolute atomic E-state index is 0.596. The molecular weight excluding hydrogens is 356 g/mol. The molecule has 27 heavy (non-hydrogen) atoms. The van der Waals surface area contributed by atoms with Gasteiger partial charge in [-0.2, -0.15) is 0 Å². The standard InChI is InChI=1S/C21H18N4OS/c1-3-9-18(10-4-1)25-20(17-8-7-13-22-16-17)23-24-21(25)27-15-14-26-19-11-5-2-6-12-19/h1-13,16H,14-15H2. The van der Waals surface area contributed by atoms with Gasteiger partial charge in [-0.05, 0) is 36.4 Å². The van der Waals surface area contributed by atoms with E-state index in [1.165, 1.54) is 0 Å². The summed E-state index contributed by atoms with van der Waals surface area (Å²) in [4.78, 5) is 4.21. The molecule has 0 aliphatic rings. The third kappa shape index (κ3) is 4.17. The molecule has 0 aliphatic heterocycles. The molecule has 0 atom stereocenters. The maximum Gasteiger partial charge on any atom is 0.196 e. The topological polar surface area (TPSA) is 52.8 Å². The zero-order chi connectivity index (χ0) is 18.3. The number of nitrogens with zero attached hydrogens (tertiary/aromatic N) is 4. The highest BCUT2D eigenvalue weighted by Gasteiger charge is 2.16. The SMILES string of the molecule is c1ccc(OCCSc2nnc(-c3cccnc3)n2-c2ccccc2)cc1. The molecule has 0 bridgehead atoms. The lowest BCUT2D eigenvalue weighted by Gasteiger charge is -2.10. The zero-order valence-corrected chi connectivity index (χ0v) is 15.4. The Bertz CT molecular complexity index is 975. The summed E-state index contributed by atoms with van der Waals surface area (Å²) in [6.07, 6.45) is 3.56. The molecule has 134 valence electrons. The van der Waals surface area contributed by atoms with Gasteiger partial charge in [0.05, 0.1) is 6.61 Å². The molecule has 6 heteroatoms. The fourth-order valence-corrected chi connectivity index (χ4v) is 3.43. The summed E-state index contributed by atoms with van der Waals surface area (Å²) in [7, 11) is 0. The van der Waals surface area contributed by atoms with Crippen molar-refractivity contribution in [3.05, 3.63) is 85.2 Å². The van der Waals surface area contributed by atoms with Crippen LogP contribution in [-0.4, -0.2) is 32.1 Å². The van der Waals surface area contributed by atoms with E-state index in [0.717, 1.165) is 33.7 Å². The molecular formula is C21H18N4OS. The molecule has 0 spiro atoms. The van der Waals surface area contributed by atoms with Gasteiger partial charge in [-0.15, -0.1) is 10.2 Å². The highest BCUT2D eigenvalue weighted by molar-refractivity contribution is 7.99. The van der Waals surface area contributed by atoms with Crippen LogP contribution >= 0.6 is 11.8 Å². The summed E-state index contributed by atoms with van der Waals surface area (Å²) in [5, 5.41) is 9.65. The number of pyridine rings is 1. The largest absolute Gasteiger partial charge is 0.493 e. The van der Waals surface area contributed by atoms with Gasteiger partial charge in [0, 0.05) is 29.4 Å². The molecule has 2 heterocycles. The van der Waals surface area contributed by atoms with Gasteiger partial charge >= 0.3 is 0 Å². The first-order valence-electron chi connectivity index (χ1n) is 8.64. The molecule has 0 unspecified atom stereocenters. The fourth-order valence-electron chi connectivity index (χ4n) is 2.66. The van der Waals surface area contributed by atoms with E-state index >= 15 is 0 Å². The van der Waals surface area contributed by atoms with Crippen LogP contribution in [0.5, 0.6) is 5.75 Å². The second kappa shape index (κ2) is 8.51. The summed E-state index contributed by atoms with van der Waals surface area (Å²) < 4.78 is 7.84. The second-order valence-electron chi connectivity index (χ2n) is 5.73. The molecule has 0 aliphatic carbocycles. The van der Waals surface area contributed by atoms with Crippen LogP contribution in [0.4, 0.5) is 0 Å². The first-order chi connectivity index (χ1) is 13.4. The van der Waals surface area contributed by atoms with Crippen LogP contribution in [0.15, 0.2) is 90.3 Å². The number of benzene rings is 2. The average molecular weight is 374 g/mol. The third-order valence-electron chi connectivity index (χ3n) is 3.89. The first kappa shape index (κ1) is 17.3. The smallest absolute Gasteiger partial charge is 0.196 e. The third-order valence-corrected chi connectivity index (χ3v) is 4.79. The lowest BCUT2D eigenvalue weighted by molar-refractivity contribution is 0.344. The van der Waals surface area contributed by atoms with Crippen molar-refractivity contribution < 1.29 is 4.74 Å². The Morgan fingerprint density at radius 1 is 0.852 bits per heavy atom. The Labute approximate surface area is 162 Å². The maximum atomic E-state index is 5.78. The van der Waals surface area contributed by atoms with Crippen molar-refractivity contribution in [2.24, 2.45) is 0 Å². The second-order valence-corrected chi connectivity index (χ2v) is 6.79. The van der Waals surface area contributed by atoms with E-state index in [-0.39, 0.29) is 0 Å². The summed E-state index contributed by atoms with van der Waals surface area (Å²) in [5.41, 5.74) is 1.95. The fraction of sp³-hybridized carbons (Fsp3) is 0.0952. The normalized spacial score (nSPS) is 10.7. The van der Waals surface area contributed by atoms with Crippen LogP contribution in [-0.2, 0) is 0 Å². The van der Waals surface area contributed by atoms with Crippen LogP contribution in [0, 0.1) is 0 Å². The van der Waals surface area contributed by atoms with Crippen LogP contribution in [0.2, 0.25) is 0 Å². The van der Waals surface area contributed by atoms with Gasteiger partial charge in [0.1, 0.15) is 5.75 Å². The van der Waals surface area contributed by atoms with Crippen LogP contribution in [0.3, 0.4) is 0 Å². The van der Waals surface area contributed by atoms with Gasteiger partial charge in [0.15, 0.2) is 11.0 Å². The minimum Gasteiger partial charge on any atom is -0.493 e. The monoisotopic (exact) mass is 374 g/mol. The molecule has 4 rings (SSSR count). The molecule has 2 aromatic carbocycles. The van der Waals surface area contributed by atoms with E-state index in [1.54, 1.807) is 24.2 Å². The van der Waals surface area contributed by atoms with Crippen LogP contribution in [0.1, 0.15) is 0 Å². The quantitative estimate of drug-likeness (QED) is 0.352. The maximum absolute atomic E-state index is 5.78. The van der Waals surface area contributed by atoms with Crippen molar-refractivity contribution >= 4 is 11.8 Å². The predicted molar refractivity (Wildman–Crippen MR) is 107 cm³/mol. The first-order valence-corrected chi connectivity index (χ1v) is 9.62. The number of para-hydroxylation sites is 2. The number of hydrogen-bond acceptors (Lipinski definition) is 5. The molecule has 0 saturated carbocycles. The molecule has 0 fully saturated rings. The van der Waals surface area contributed by atoms with Crippen molar-refractivity contribution in [3.63, 3.8) is 0 Å². The summed E-state index contributed by atoms with van der Waals surface area (Å²) in [6.45, 7) is 0.596. The highest BCUT2D eigenvalue weighted by Crippen LogP contribution is 2.27. The highest BCUT2D eigenvalue weighted by atomic mass is 32.2. The summed E-state index contributed by atoms with van der Waals surface area (Å²) in [5.74, 6) is 2.42. The van der Waals surface area contributed by atoms with Crippen molar-refractivity contribution in [2.45, 2.75) is 5.16 Å². The molecule has 0 amide bonds. The van der Waals surface area contributed by atoms with E-state index in [2.05, 4.69) is 19.7 Å². The minimum atomic E-state index is 0.596. The van der Waals surface area contributed by atoms with E-state index in [9.17, 15) is 0 Å². The van der Waals surface area contributed by atoms with E-state index in [0.29, 0.717) is 6.61 Å².